The van der Waals surface area contributed by atoms with Crippen molar-refractivity contribution in [3.05, 3.63) is 75.9 Å². The van der Waals surface area contributed by atoms with E-state index in [2.05, 4.69) is 37.3 Å². The molecular formula is C22H21ClN2S2. The monoisotopic (exact) mass is 412 g/mol. The molecule has 138 valence electrons. The molecule has 0 fully saturated rings. The van der Waals surface area contributed by atoms with Gasteiger partial charge in [0.25, 0.3) is 0 Å². The topological polar surface area (TPSA) is 25.8 Å². The maximum atomic E-state index is 6.30. The van der Waals surface area contributed by atoms with E-state index in [0.29, 0.717) is 0 Å². The molecule has 1 heterocycles. The number of halogens is 1. The fourth-order valence-electron chi connectivity index (χ4n) is 3.16. The zero-order valence-electron chi connectivity index (χ0n) is 15.2. The van der Waals surface area contributed by atoms with Gasteiger partial charge in [0.15, 0.2) is 5.16 Å². The van der Waals surface area contributed by atoms with Gasteiger partial charge in [0, 0.05) is 26.9 Å². The van der Waals surface area contributed by atoms with Crippen LogP contribution in [0, 0.1) is 6.92 Å². The smallest absolute Gasteiger partial charge is 0.189 e. The highest BCUT2D eigenvalue weighted by molar-refractivity contribution is 7.99. The minimum Gasteiger partial charge on any atom is -0.227 e. The number of nitrogens with zero attached hydrogens (tertiary/aromatic N) is 2. The predicted molar refractivity (Wildman–Crippen MR) is 115 cm³/mol. The van der Waals surface area contributed by atoms with E-state index in [1.807, 2.05) is 18.2 Å². The van der Waals surface area contributed by atoms with Crippen LogP contribution < -0.4 is 0 Å². The van der Waals surface area contributed by atoms with Crippen molar-refractivity contribution in [3.8, 4) is 0 Å². The standard InChI is InChI=1S/C22H21ClN2S2/c1-15-10-12-17(13-11-15)27-21-18-7-3-5-9-20(18)24-22(25-21)26-14-16-6-2-4-8-19(16)23/h2,4,6,8,10-13H,3,5,7,9,14H2,1H3. The van der Waals surface area contributed by atoms with E-state index in [0.717, 1.165) is 39.4 Å². The van der Waals surface area contributed by atoms with Gasteiger partial charge in [-0.1, -0.05) is 71.0 Å². The van der Waals surface area contributed by atoms with Crippen LogP contribution in [-0.2, 0) is 18.6 Å². The van der Waals surface area contributed by atoms with E-state index in [9.17, 15) is 0 Å². The molecule has 0 spiro atoms. The zero-order chi connectivity index (χ0) is 18.6. The number of fused-ring (bicyclic) bond motifs is 1. The van der Waals surface area contributed by atoms with Gasteiger partial charge in [-0.15, -0.1) is 0 Å². The van der Waals surface area contributed by atoms with Gasteiger partial charge in [-0.2, -0.15) is 0 Å². The largest absolute Gasteiger partial charge is 0.227 e. The van der Waals surface area contributed by atoms with Crippen molar-refractivity contribution >= 4 is 35.1 Å². The summed E-state index contributed by atoms with van der Waals surface area (Å²) in [6.07, 6.45) is 4.58. The molecule has 2 aromatic carbocycles. The molecule has 3 aromatic rings. The molecule has 0 radical (unpaired) electrons. The Morgan fingerprint density at radius 2 is 1.74 bits per heavy atom. The average molecular weight is 413 g/mol. The van der Waals surface area contributed by atoms with Crippen LogP contribution in [0.3, 0.4) is 0 Å². The predicted octanol–water partition coefficient (Wildman–Crippen LogP) is 6.76. The Morgan fingerprint density at radius 1 is 0.963 bits per heavy atom. The van der Waals surface area contributed by atoms with E-state index < -0.39 is 0 Å². The molecule has 0 amide bonds. The Hall–Kier alpha value is -1.49. The van der Waals surface area contributed by atoms with Crippen molar-refractivity contribution < 1.29 is 0 Å². The van der Waals surface area contributed by atoms with Crippen LogP contribution in [0.5, 0.6) is 0 Å². The highest BCUT2D eigenvalue weighted by Crippen LogP contribution is 2.35. The molecule has 4 rings (SSSR count). The van der Waals surface area contributed by atoms with Crippen molar-refractivity contribution in [1.29, 1.82) is 0 Å². The number of thioether (sulfide) groups is 1. The molecule has 0 aliphatic heterocycles. The number of aryl methyl sites for hydroxylation is 2. The van der Waals surface area contributed by atoms with Gasteiger partial charge in [0.05, 0.1) is 0 Å². The molecule has 27 heavy (non-hydrogen) atoms. The van der Waals surface area contributed by atoms with Crippen molar-refractivity contribution in [1.82, 2.24) is 9.97 Å². The van der Waals surface area contributed by atoms with Gasteiger partial charge >= 0.3 is 0 Å². The van der Waals surface area contributed by atoms with Crippen LogP contribution in [0.25, 0.3) is 0 Å². The fourth-order valence-corrected chi connectivity index (χ4v) is 5.34. The van der Waals surface area contributed by atoms with Crippen molar-refractivity contribution in [2.24, 2.45) is 0 Å². The van der Waals surface area contributed by atoms with E-state index in [4.69, 9.17) is 21.6 Å². The lowest BCUT2D eigenvalue weighted by Gasteiger charge is -2.18. The summed E-state index contributed by atoms with van der Waals surface area (Å²) >= 11 is 9.73. The summed E-state index contributed by atoms with van der Waals surface area (Å²) in [4.78, 5) is 11.0. The van der Waals surface area contributed by atoms with Crippen LogP contribution in [0.1, 0.15) is 35.2 Å². The third-order valence-corrected chi connectivity index (χ3v) is 6.98. The Labute approximate surface area is 174 Å². The number of hydrogen-bond acceptors (Lipinski definition) is 4. The molecule has 0 saturated heterocycles. The Bertz CT molecular complexity index is 942. The number of benzene rings is 2. The minimum atomic E-state index is 0.785. The Kier molecular flexibility index (Phi) is 6.06. The lowest BCUT2D eigenvalue weighted by molar-refractivity contribution is 0.628. The van der Waals surface area contributed by atoms with E-state index >= 15 is 0 Å². The minimum absolute atomic E-state index is 0.785. The maximum Gasteiger partial charge on any atom is 0.189 e. The normalized spacial score (nSPS) is 13.4. The van der Waals surface area contributed by atoms with Crippen LogP contribution in [0.2, 0.25) is 5.02 Å². The molecule has 0 saturated carbocycles. The summed E-state index contributed by atoms with van der Waals surface area (Å²) in [6, 6.07) is 16.6. The van der Waals surface area contributed by atoms with Gasteiger partial charge in [0.2, 0.25) is 0 Å². The van der Waals surface area contributed by atoms with Gasteiger partial charge in [-0.25, -0.2) is 9.97 Å². The molecule has 1 aliphatic rings. The first-order valence-electron chi connectivity index (χ1n) is 9.19. The second-order valence-corrected chi connectivity index (χ2v) is 9.15. The first-order chi connectivity index (χ1) is 13.2. The van der Waals surface area contributed by atoms with E-state index in [-0.39, 0.29) is 0 Å². The number of aromatic nitrogens is 2. The molecule has 0 unspecified atom stereocenters. The van der Waals surface area contributed by atoms with Crippen molar-refractivity contribution in [2.45, 2.75) is 53.4 Å². The molecule has 0 bridgehead atoms. The quantitative estimate of drug-likeness (QED) is 0.262. The molecule has 0 atom stereocenters. The summed E-state index contributed by atoms with van der Waals surface area (Å²) in [5.74, 6) is 0.785. The van der Waals surface area contributed by atoms with Crippen LogP contribution in [0.15, 0.2) is 63.6 Å². The molecule has 5 heteroatoms. The van der Waals surface area contributed by atoms with Gasteiger partial charge in [-0.3, -0.25) is 0 Å². The summed E-state index contributed by atoms with van der Waals surface area (Å²) in [5, 5.41) is 2.77. The van der Waals surface area contributed by atoms with Gasteiger partial charge < -0.3 is 0 Å². The van der Waals surface area contributed by atoms with E-state index in [1.165, 1.54) is 34.6 Å². The fraction of sp³-hybridized carbons (Fsp3) is 0.273. The molecular weight excluding hydrogens is 392 g/mol. The summed E-state index contributed by atoms with van der Waals surface area (Å²) in [7, 11) is 0. The van der Waals surface area contributed by atoms with Crippen LogP contribution in [-0.4, -0.2) is 9.97 Å². The third kappa shape index (κ3) is 4.68. The first-order valence-corrected chi connectivity index (χ1v) is 11.4. The lowest BCUT2D eigenvalue weighted by atomic mass is 9.98. The van der Waals surface area contributed by atoms with E-state index in [1.54, 1.807) is 23.5 Å². The Morgan fingerprint density at radius 3 is 2.56 bits per heavy atom. The molecule has 1 aromatic heterocycles. The van der Waals surface area contributed by atoms with Crippen LogP contribution in [0.4, 0.5) is 0 Å². The second kappa shape index (κ2) is 8.68. The number of rotatable bonds is 5. The molecule has 2 nitrogen and oxygen atoms in total. The number of hydrogen-bond donors (Lipinski definition) is 0. The van der Waals surface area contributed by atoms with Crippen LogP contribution >= 0.6 is 35.1 Å². The molecule has 1 aliphatic carbocycles. The molecule has 0 N–H and O–H groups in total. The first kappa shape index (κ1) is 18.9. The highest BCUT2D eigenvalue weighted by atomic mass is 35.5. The Balaban J connectivity index is 1.60. The SMILES string of the molecule is Cc1ccc(Sc2nc(SCc3ccccc3Cl)nc3c2CCCC3)cc1. The lowest BCUT2D eigenvalue weighted by Crippen LogP contribution is -2.09. The van der Waals surface area contributed by atoms with Crippen molar-refractivity contribution in [2.75, 3.05) is 0 Å². The summed E-state index contributed by atoms with van der Waals surface area (Å²) in [6.45, 7) is 2.12. The average Bonchev–Trinajstić information content (AvgIpc) is 2.69. The summed E-state index contributed by atoms with van der Waals surface area (Å²) in [5.41, 5.74) is 4.97. The second-order valence-electron chi connectivity index (χ2n) is 6.74. The maximum absolute atomic E-state index is 6.30. The van der Waals surface area contributed by atoms with Crippen molar-refractivity contribution in [3.63, 3.8) is 0 Å². The van der Waals surface area contributed by atoms with Gasteiger partial charge in [0.1, 0.15) is 5.03 Å². The van der Waals surface area contributed by atoms with Gasteiger partial charge in [-0.05, 0) is 56.4 Å². The highest BCUT2D eigenvalue weighted by Gasteiger charge is 2.19. The summed E-state index contributed by atoms with van der Waals surface area (Å²) < 4.78 is 0. The third-order valence-electron chi connectivity index (χ3n) is 4.67. The zero-order valence-corrected chi connectivity index (χ0v) is 17.6.